The summed E-state index contributed by atoms with van der Waals surface area (Å²) < 4.78 is 0. The summed E-state index contributed by atoms with van der Waals surface area (Å²) >= 11 is 0. The number of aliphatic carboxylic acids is 1. The lowest BCUT2D eigenvalue weighted by Crippen LogP contribution is -2.40. The third-order valence-electron chi connectivity index (χ3n) is 4.12. The van der Waals surface area contributed by atoms with E-state index in [1.165, 1.54) is 4.90 Å². The number of ketones is 1. The van der Waals surface area contributed by atoms with Crippen LogP contribution in [0.25, 0.3) is 0 Å². The Kier molecular flexibility index (Phi) is 4.96. The summed E-state index contributed by atoms with van der Waals surface area (Å²) in [5, 5.41) is 9.09. The van der Waals surface area contributed by atoms with Gasteiger partial charge in [-0.1, -0.05) is 17.7 Å². The molecule has 0 saturated carbocycles. The lowest BCUT2D eigenvalue weighted by Gasteiger charge is -2.21. The van der Waals surface area contributed by atoms with Crippen LogP contribution in [0.2, 0.25) is 0 Å². The van der Waals surface area contributed by atoms with Crippen molar-refractivity contribution in [3.63, 3.8) is 0 Å². The van der Waals surface area contributed by atoms with E-state index in [-0.39, 0.29) is 24.5 Å². The van der Waals surface area contributed by atoms with E-state index in [9.17, 15) is 14.4 Å². The van der Waals surface area contributed by atoms with Crippen molar-refractivity contribution >= 4 is 17.7 Å². The van der Waals surface area contributed by atoms with E-state index in [2.05, 4.69) is 0 Å². The van der Waals surface area contributed by atoms with Crippen molar-refractivity contribution in [2.45, 2.75) is 45.6 Å². The van der Waals surface area contributed by atoms with Crippen LogP contribution in [-0.4, -0.2) is 40.3 Å². The second kappa shape index (κ2) is 6.73. The van der Waals surface area contributed by atoms with Crippen molar-refractivity contribution in [2.75, 3.05) is 6.54 Å². The Bertz CT molecular complexity index is 609. The van der Waals surface area contributed by atoms with E-state index >= 15 is 0 Å². The fraction of sp³-hybridized carbons (Fsp3) is 0.471. The van der Waals surface area contributed by atoms with Crippen molar-refractivity contribution in [3.8, 4) is 0 Å². The lowest BCUT2D eigenvalue weighted by molar-refractivity contribution is -0.148. The maximum atomic E-state index is 12.3. The summed E-state index contributed by atoms with van der Waals surface area (Å²) in [6.07, 6.45) is 1.38. The molecule has 1 atom stereocenters. The minimum atomic E-state index is -0.966. The van der Waals surface area contributed by atoms with E-state index in [1.54, 1.807) is 0 Å². The molecule has 1 aliphatic heterocycles. The Labute approximate surface area is 129 Å². The first kappa shape index (κ1) is 16.2. The molecule has 5 heteroatoms. The summed E-state index contributed by atoms with van der Waals surface area (Å²) in [7, 11) is 0. The standard InChI is InChI=1S/C17H21NO4/c1-11-5-6-12(2)13(10-11)15(19)7-8-16(20)18-9-3-4-14(18)17(21)22/h5-6,10,14H,3-4,7-9H2,1-2H3,(H,21,22)/t14-/m0/s1. The number of carboxylic acid groups (broad SMARTS) is 1. The van der Waals surface area contributed by atoms with Gasteiger partial charge in [-0.15, -0.1) is 0 Å². The normalized spacial score (nSPS) is 17.5. The maximum absolute atomic E-state index is 12.3. The molecule has 5 nitrogen and oxygen atoms in total. The van der Waals surface area contributed by atoms with Gasteiger partial charge in [0.2, 0.25) is 5.91 Å². The zero-order valence-corrected chi connectivity index (χ0v) is 13.0. The van der Waals surface area contributed by atoms with Gasteiger partial charge in [-0.25, -0.2) is 4.79 Å². The number of carboxylic acids is 1. The number of amides is 1. The van der Waals surface area contributed by atoms with E-state index < -0.39 is 12.0 Å². The molecule has 1 heterocycles. The van der Waals surface area contributed by atoms with Gasteiger partial charge in [-0.05, 0) is 38.3 Å². The fourth-order valence-corrected chi connectivity index (χ4v) is 2.86. The summed E-state index contributed by atoms with van der Waals surface area (Å²) in [5.41, 5.74) is 2.54. The molecule has 0 aromatic heterocycles. The molecule has 1 aromatic carbocycles. The van der Waals surface area contributed by atoms with Crippen LogP contribution >= 0.6 is 0 Å². The number of aryl methyl sites for hydroxylation is 2. The van der Waals surface area contributed by atoms with Crippen molar-refractivity contribution in [1.29, 1.82) is 0 Å². The first-order valence-electron chi connectivity index (χ1n) is 7.53. The highest BCUT2D eigenvalue weighted by Gasteiger charge is 2.33. The number of carbonyl (C=O) groups is 3. The van der Waals surface area contributed by atoms with Crippen LogP contribution in [0.1, 0.15) is 47.2 Å². The third-order valence-corrected chi connectivity index (χ3v) is 4.12. The topological polar surface area (TPSA) is 74.7 Å². The summed E-state index contributed by atoms with van der Waals surface area (Å²) in [4.78, 5) is 36.9. The highest BCUT2D eigenvalue weighted by molar-refractivity contribution is 5.99. The predicted molar refractivity (Wildman–Crippen MR) is 81.9 cm³/mol. The molecule has 0 spiro atoms. The molecule has 2 rings (SSSR count). The lowest BCUT2D eigenvalue weighted by atomic mass is 9.99. The monoisotopic (exact) mass is 303 g/mol. The molecular formula is C17H21NO4. The average Bonchev–Trinajstić information content (AvgIpc) is 2.96. The molecule has 1 aromatic rings. The fourth-order valence-electron chi connectivity index (χ4n) is 2.86. The molecule has 1 N–H and O–H groups in total. The maximum Gasteiger partial charge on any atom is 0.326 e. The molecular weight excluding hydrogens is 282 g/mol. The number of benzene rings is 1. The van der Waals surface area contributed by atoms with Crippen LogP contribution < -0.4 is 0 Å². The second-order valence-corrected chi connectivity index (χ2v) is 5.82. The van der Waals surface area contributed by atoms with Gasteiger partial charge in [-0.3, -0.25) is 9.59 Å². The van der Waals surface area contributed by atoms with Gasteiger partial charge >= 0.3 is 5.97 Å². The zero-order valence-electron chi connectivity index (χ0n) is 13.0. The molecule has 118 valence electrons. The minimum absolute atomic E-state index is 0.0655. The Morgan fingerprint density at radius 2 is 1.95 bits per heavy atom. The van der Waals surface area contributed by atoms with Gasteiger partial charge in [0, 0.05) is 24.9 Å². The summed E-state index contributed by atoms with van der Waals surface area (Å²) in [6.45, 7) is 4.26. The van der Waals surface area contributed by atoms with E-state index in [0.717, 1.165) is 11.1 Å². The molecule has 0 radical (unpaired) electrons. The van der Waals surface area contributed by atoms with Gasteiger partial charge in [0.15, 0.2) is 5.78 Å². The molecule has 1 aliphatic rings. The van der Waals surface area contributed by atoms with Crippen molar-refractivity contribution in [3.05, 3.63) is 34.9 Å². The summed E-state index contributed by atoms with van der Waals surface area (Å²) in [6, 6.07) is 4.94. The van der Waals surface area contributed by atoms with Crippen LogP contribution in [0.5, 0.6) is 0 Å². The number of Topliss-reactive ketones (excluding diaryl/α,β-unsaturated/α-hetero) is 1. The minimum Gasteiger partial charge on any atom is -0.480 e. The smallest absolute Gasteiger partial charge is 0.326 e. The predicted octanol–water partition coefficient (Wildman–Crippen LogP) is 2.34. The van der Waals surface area contributed by atoms with E-state index in [4.69, 9.17) is 5.11 Å². The van der Waals surface area contributed by atoms with Crippen LogP contribution in [0.15, 0.2) is 18.2 Å². The van der Waals surface area contributed by atoms with Gasteiger partial charge in [0.1, 0.15) is 6.04 Å². The number of hydrogen-bond donors (Lipinski definition) is 1. The molecule has 1 saturated heterocycles. The van der Waals surface area contributed by atoms with Gasteiger partial charge in [-0.2, -0.15) is 0 Å². The number of carbonyl (C=O) groups excluding carboxylic acids is 2. The Morgan fingerprint density at radius 1 is 1.23 bits per heavy atom. The number of nitrogens with zero attached hydrogens (tertiary/aromatic N) is 1. The van der Waals surface area contributed by atoms with Gasteiger partial charge < -0.3 is 10.0 Å². The highest BCUT2D eigenvalue weighted by atomic mass is 16.4. The Morgan fingerprint density at radius 3 is 2.64 bits per heavy atom. The largest absolute Gasteiger partial charge is 0.480 e. The zero-order chi connectivity index (χ0) is 16.3. The molecule has 0 unspecified atom stereocenters. The molecule has 22 heavy (non-hydrogen) atoms. The average molecular weight is 303 g/mol. The van der Waals surface area contributed by atoms with Gasteiger partial charge in [0.05, 0.1) is 0 Å². The first-order chi connectivity index (χ1) is 10.4. The quantitative estimate of drug-likeness (QED) is 0.847. The Hall–Kier alpha value is -2.17. The SMILES string of the molecule is Cc1ccc(C)c(C(=O)CCC(=O)N2CCC[C@H]2C(=O)O)c1. The Balaban J connectivity index is 1.97. The van der Waals surface area contributed by atoms with Crippen molar-refractivity contribution < 1.29 is 19.5 Å². The van der Waals surface area contributed by atoms with Crippen molar-refractivity contribution in [2.24, 2.45) is 0 Å². The van der Waals surface area contributed by atoms with Crippen molar-refractivity contribution in [1.82, 2.24) is 4.90 Å². The van der Waals surface area contributed by atoms with Crippen LogP contribution in [0.4, 0.5) is 0 Å². The van der Waals surface area contributed by atoms with E-state index in [1.807, 2.05) is 32.0 Å². The van der Waals surface area contributed by atoms with Crippen LogP contribution in [0, 0.1) is 13.8 Å². The van der Waals surface area contributed by atoms with Gasteiger partial charge in [0.25, 0.3) is 0 Å². The number of hydrogen-bond acceptors (Lipinski definition) is 3. The molecule has 0 aliphatic carbocycles. The third kappa shape index (κ3) is 3.53. The van der Waals surface area contributed by atoms with Crippen LogP contribution in [0.3, 0.4) is 0 Å². The van der Waals surface area contributed by atoms with Crippen LogP contribution in [-0.2, 0) is 9.59 Å². The second-order valence-electron chi connectivity index (χ2n) is 5.82. The first-order valence-corrected chi connectivity index (χ1v) is 7.53. The molecule has 0 bridgehead atoms. The van der Waals surface area contributed by atoms with E-state index in [0.29, 0.717) is 24.9 Å². The number of rotatable bonds is 5. The number of likely N-dealkylation sites (tertiary alicyclic amines) is 1. The summed E-state index contributed by atoms with van der Waals surface area (Å²) in [5.74, 6) is -1.28. The highest BCUT2D eigenvalue weighted by Crippen LogP contribution is 2.20. The molecule has 1 fully saturated rings. The molecule has 1 amide bonds.